The van der Waals surface area contributed by atoms with Gasteiger partial charge in [0.25, 0.3) is 0 Å². The molecule has 16 heavy (non-hydrogen) atoms. The SMILES string of the molecule is CCC(C)C(C)(O)Cc1cc(Cl)ccc1Cl. The molecule has 1 rings (SSSR count). The van der Waals surface area contributed by atoms with E-state index >= 15 is 0 Å². The Morgan fingerprint density at radius 2 is 2.00 bits per heavy atom. The highest BCUT2D eigenvalue weighted by atomic mass is 35.5. The molecule has 0 aromatic heterocycles. The summed E-state index contributed by atoms with van der Waals surface area (Å²) in [6.45, 7) is 5.95. The maximum atomic E-state index is 10.4. The Balaban J connectivity index is 2.91. The molecule has 90 valence electrons. The van der Waals surface area contributed by atoms with Crippen LogP contribution < -0.4 is 0 Å². The van der Waals surface area contributed by atoms with Crippen LogP contribution in [0.25, 0.3) is 0 Å². The fraction of sp³-hybridized carbons (Fsp3) is 0.538. The molecule has 0 spiro atoms. The van der Waals surface area contributed by atoms with Crippen molar-refractivity contribution in [1.82, 2.24) is 0 Å². The lowest BCUT2D eigenvalue weighted by atomic mass is 9.83. The minimum absolute atomic E-state index is 0.225. The third-order valence-electron chi connectivity index (χ3n) is 3.23. The van der Waals surface area contributed by atoms with Gasteiger partial charge in [0.2, 0.25) is 0 Å². The Hall–Kier alpha value is -0.240. The minimum Gasteiger partial charge on any atom is -0.390 e. The summed E-state index contributed by atoms with van der Waals surface area (Å²) in [6.07, 6.45) is 1.46. The van der Waals surface area contributed by atoms with E-state index in [0.717, 1.165) is 12.0 Å². The first-order valence-electron chi connectivity index (χ1n) is 5.53. The first-order valence-corrected chi connectivity index (χ1v) is 6.28. The highest BCUT2D eigenvalue weighted by Crippen LogP contribution is 2.29. The number of halogens is 2. The molecule has 0 saturated carbocycles. The lowest BCUT2D eigenvalue weighted by Crippen LogP contribution is -2.35. The predicted molar refractivity (Wildman–Crippen MR) is 70.2 cm³/mol. The Morgan fingerprint density at radius 1 is 1.38 bits per heavy atom. The van der Waals surface area contributed by atoms with Gasteiger partial charge in [0.15, 0.2) is 0 Å². The molecule has 3 heteroatoms. The molecule has 1 nitrogen and oxygen atoms in total. The molecule has 0 fully saturated rings. The van der Waals surface area contributed by atoms with Gasteiger partial charge in [-0.1, -0.05) is 43.5 Å². The lowest BCUT2D eigenvalue weighted by molar-refractivity contribution is 0.00519. The predicted octanol–water partition coefficient (Wildman–Crippen LogP) is 4.33. The summed E-state index contributed by atoms with van der Waals surface area (Å²) in [6, 6.07) is 5.35. The van der Waals surface area contributed by atoms with Crippen molar-refractivity contribution in [3.63, 3.8) is 0 Å². The second-order valence-electron chi connectivity index (χ2n) is 4.58. The van der Waals surface area contributed by atoms with Gasteiger partial charge in [0, 0.05) is 16.5 Å². The van der Waals surface area contributed by atoms with E-state index in [9.17, 15) is 5.11 Å². The average Bonchev–Trinajstić information content (AvgIpc) is 2.22. The van der Waals surface area contributed by atoms with E-state index < -0.39 is 5.60 Å². The smallest absolute Gasteiger partial charge is 0.0685 e. The number of hydrogen-bond acceptors (Lipinski definition) is 1. The van der Waals surface area contributed by atoms with Gasteiger partial charge in [-0.05, 0) is 36.6 Å². The van der Waals surface area contributed by atoms with Crippen molar-refractivity contribution in [2.45, 2.75) is 39.2 Å². The molecule has 2 atom stereocenters. The van der Waals surface area contributed by atoms with E-state index in [1.807, 2.05) is 19.9 Å². The van der Waals surface area contributed by atoms with Gasteiger partial charge >= 0.3 is 0 Å². The number of benzene rings is 1. The Kier molecular flexibility index (Phi) is 4.66. The summed E-state index contributed by atoms with van der Waals surface area (Å²) >= 11 is 12.0. The molecule has 0 amide bonds. The van der Waals surface area contributed by atoms with Gasteiger partial charge in [-0.2, -0.15) is 0 Å². The van der Waals surface area contributed by atoms with E-state index in [4.69, 9.17) is 23.2 Å². The Bertz CT molecular complexity index is 361. The molecule has 0 aliphatic heterocycles. The van der Waals surface area contributed by atoms with Crippen LogP contribution in [-0.2, 0) is 6.42 Å². The van der Waals surface area contributed by atoms with Gasteiger partial charge in [-0.3, -0.25) is 0 Å². The molecule has 0 radical (unpaired) electrons. The third kappa shape index (κ3) is 3.38. The van der Waals surface area contributed by atoms with Crippen molar-refractivity contribution < 1.29 is 5.11 Å². The second-order valence-corrected chi connectivity index (χ2v) is 5.42. The molecule has 1 aromatic carbocycles. The monoisotopic (exact) mass is 260 g/mol. The fourth-order valence-corrected chi connectivity index (χ4v) is 2.06. The first kappa shape index (κ1) is 13.8. The summed E-state index contributed by atoms with van der Waals surface area (Å²) in [5.41, 5.74) is 0.155. The molecular formula is C13H18Cl2O. The standard InChI is InChI=1S/C13H18Cl2O/c1-4-9(2)13(3,16)8-10-7-11(14)5-6-12(10)15/h5-7,9,16H,4,8H2,1-3H3. The zero-order chi connectivity index (χ0) is 12.3. The maximum absolute atomic E-state index is 10.4. The summed E-state index contributed by atoms with van der Waals surface area (Å²) in [5.74, 6) is 0.225. The van der Waals surface area contributed by atoms with E-state index in [-0.39, 0.29) is 5.92 Å². The van der Waals surface area contributed by atoms with Crippen molar-refractivity contribution in [1.29, 1.82) is 0 Å². The molecule has 0 aliphatic carbocycles. The Labute approximate surface area is 107 Å². The number of rotatable bonds is 4. The van der Waals surface area contributed by atoms with Crippen molar-refractivity contribution in [3.8, 4) is 0 Å². The zero-order valence-electron chi connectivity index (χ0n) is 9.93. The van der Waals surface area contributed by atoms with Crippen LogP contribution in [0, 0.1) is 5.92 Å². The van der Waals surface area contributed by atoms with Gasteiger partial charge in [0.1, 0.15) is 0 Å². The molecule has 0 bridgehead atoms. The van der Waals surface area contributed by atoms with Crippen LogP contribution in [0.4, 0.5) is 0 Å². The van der Waals surface area contributed by atoms with Crippen LogP contribution >= 0.6 is 23.2 Å². The third-order valence-corrected chi connectivity index (χ3v) is 3.83. The molecular weight excluding hydrogens is 243 g/mol. The molecule has 1 N–H and O–H groups in total. The largest absolute Gasteiger partial charge is 0.390 e. The van der Waals surface area contributed by atoms with E-state index in [1.54, 1.807) is 12.1 Å². The van der Waals surface area contributed by atoms with Crippen LogP contribution in [-0.4, -0.2) is 10.7 Å². The highest BCUT2D eigenvalue weighted by molar-refractivity contribution is 6.33. The van der Waals surface area contributed by atoms with Crippen LogP contribution in [0.3, 0.4) is 0 Å². The summed E-state index contributed by atoms with van der Waals surface area (Å²) in [7, 11) is 0. The molecule has 0 aliphatic rings. The maximum Gasteiger partial charge on any atom is 0.0685 e. The van der Waals surface area contributed by atoms with Crippen molar-refractivity contribution in [2.75, 3.05) is 0 Å². The molecule has 0 heterocycles. The molecule has 1 aromatic rings. The highest BCUT2D eigenvalue weighted by Gasteiger charge is 2.28. The van der Waals surface area contributed by atoms with Crippen LogP contribution in [0.5, 0.6) is 0 Å². The number of aliphatic hydroxyl groups is 1. The van der Waals surface area contributed by atoms with E-state index in [2.05, 4.69) is 6.92 Å². The van der Waals surface area contributed by atoms with Crippen molar-refractivity contribution in [2.24, 2.45) is 5.92 Å². The average molecular weight is 261 g/mol. The minimum atomic E-state index is -0.747. The van der Waals surface area contributed by atoms with Crippen molar-refractivity contribution >= 4 is 23.2 Å². The molecule has 2 unspecified atom stereocenters. The first-order chi connectivity index (χ1) is 7.36. The normalized spacial score (nSPS) is 16.9. The topological polar surface area (TPSA) is 20.2 Å². The van der Waals surface area contributed by atoms with Crippen LogP contribution in [0.1, 0.15) is 32.8 Å². The van der Waals surface area contributed by atoms with Gasteiger partial charge < -0.3 is 5.11 Å². The summed E-state index contributed by atoms with van der Waals surface area (Å²) in [4.78, 5) is 0. The van der Waals surface area contributed by atoms with Crippen LogP contribution in [0.2, 0.25) is 10.0 Å². The van der Waals surface area contributed by atoms with E-state index in [0.29, 0.717) is 16.5 Å². The van der Waals surface area contributed by atoms with Gasteiger partial charge in [0.05, 0.1) is 5.60 Å². The zero-order valence-corrected chi connectivity index (χ0v) is 11.4. The fourth-order valence-electron chi connectivity index (χ4n) is 1.68. The quantitative estimate of drug-likeness (QED) is 0.855. The summed E-state index contributed by atoms with van der Waals surface area (Å²) in [5, 5.41) is 11.7. The van der Waals surface area contributed by atoms with Crippen LogP contribution in [0.15, 0.2) is 18.2 Å². The van der Waals surface area contributed by atoms with Crippen molar-refractivity contribution in [3.05, 3.63) is 33.8 Å². The summed E-state index contributed by atoms with van der Waals surface area (Å²) < 4.78 is 0. The van der Waals surface area contributed by atoms with Gasteiger partial charge in [-0.15, -0.1) is 0 Å². The number of hydrogen-bond donors (Lipinski definition) is 1. The van der Waals surface area contributed by atoms with Gasteiger partial charge in [-0.25, -0.2) is 0 Å². The Morgan fingerprint density at radius 3 is 2.56 bits per heavy atom. The lowest BCUT2D eigenvalue weighted by Gasteiger charge is -2.30. The van der Waals surface area contributed by atoms with E-state index in [1.165, 1.54) is 0 Å². The second kappa shape index (κ2) is 5.39. The molecule has 0 saturated heterocycles.